The van der Waals surface area contributed by atoms with Crippen molar-refractivity contribution in [2.45, 2.75) is 31.8 Å². The van der Waals surface area contributed by atoms with Crippen LogP contribution in [-0.4, -0.2) is 22.6 Å². The Morgan fingerprint density at radius 1 is 1.35 bits per heavy atom. The summed E-state index contributed by atoms with van der Waals surface area (Å²) in [6.07, 6.45) is 3.91. The molecule has 1 aliphatic rings. The van der Waals surface area contributed by atoms with Crippen LogP contribution in [0.15, 0.2) is 41.3 Å². The Morgan fingerprint density at radius 2 is 2.04 bits per heavy atom. The van der Waals surface area contributed by atoms with Gasteiger partial charge in [0.05, 0.1) is 11.1 Å². The molecule has 1 aromatic carbocycles. The number of benzene rings is 1. The molecule has 3 N–H and O–H groups in total. The lowest BCUT2D eigenvalue weighted by atomic mass is 9.96. The first-order chi connectivity index (χ1) is 10.5. The van der Waals surface area contributed by atoms with Crippen LogP contribution in [0.5, 0.6) is 0 Å². The van der Waals surface area contributed by atoms with E-state index in [9.17, 15) is 9.59 Å². The van der Waals surface area contributed by atoms with Gasteiger partial charge in [0, 0.05) is 24.2 Å². The number of para-hydroxylation sites is 1. The Balaban J connectivity index is 0.00000192. The van der Waals surface area contributed by atoms with E-state index < -0.39 is 0 Å². The lowest BCUT2D eigenvalue weighted by Gasteiger charge is -2.29. The first-order valence-electron chi connectivity index (χ1n) is 7.63. The number of carbonyl (C=O) groups is 1. The molecule has 0 saturated heterocycles. The van der Waals surface area contributed by atoms with Gasteiger partial charge in [-0.1, -0.05) is 12.1 Å². The normalized spacial score (nSPS) is 16.4. The number of hydrogen-bond donors (Lipinski definition) is 2. The van der Waals surface area contributed by atoms with Crippen molar-refractivity contribution >= 4 is 29.2 Å². The average Bonchev–Trinajstić information content (AvgIpc) is 3.35. The molecule has 2 aromatic rings. The second kappa shape index (κ2) is 6.72. The first kappa shape index (κ1) is 17.5. The minimum Gasteiger partial charge on any atom is -0.348 e. The molecular formula is C17H22ClN3O2. The molecule has 1 aliphatic carbocycles. The molecule has 0 radical (unpaired) electrons. The first-order valence-corrected chi connectivity index (χ1v) is 7.63. The van der Waals surface area contributed by atoms with Crippen molar-refractivity contribution in [3.63, 3.8) is 0 Å². The Bertz CT molecular complexity index is 770. The van der Waals surface area contributed by atoms with Gasteiger partial charge in [-0.15, -0.1) is 12.4 Å². The molecule has 1 aromatic heterocycles. The van der Waals surface area contributed by atoms with Crippen LogP contribution in [0.2, 0.25) is 0 Å². The molecule has 5 nitrogen and oxygen atoms in total. The van der Waals surface area contributed by atoms with Crippen LogP contribution in [0.1, 0.15) is 19.8 Å². The van der Waals surface area contributed by atoms with Crippen molar-refractivity contribution in [1.82, 2.24) is 9.88 Å². The van der Waals surface area contributed by atoms with Crippen molar-refractivity contribution < 1.29 is 4.79 Å². The fourth-order valence-corrected chi connectivity index (χ4v) is 2.95. The van der Waals surface area contributed by atoms with Crippen molar-refractivity contribution in [1.29, 1.82) is 0 Å². The monoisotopic (exact) mass is 335 g/mol. The SMILES string of the molecule is CC(CN)(NC(=O)Cn1ccc(=O)c2ccccc21)C1CC1.Cl. The van der Waals surface area contributed by atoms with Gasteiger partial charge in [0.1, 0.15) is 6.54 Å². The standard InChI is InChI=1S/C17H21N3O2.ClH/c1-17(11-18,12-6-7-12)19-16(22)10-20-9-8-15(21)13-4-2-3-5-14(13)20;/h2-5,8-9,12H,6-7,10-11,18H2,1H3,(H,19,22);1H. The number of hydrogen-bond acceptors (Lipinski definition) is 3. The summed E-state index contributed by atoms with van der Waals surface area (Å²) in [5.41, 5.74) is 6.25. The van der Waals surface area contributed by atoms with E-state index in [0.29, 0.717) is 17.8 Å². The van der Waals surface area contributed by atoms with Gasteiger partial charge in [0.25, 0.3) is 0 Å². The van der Waals surface area contributed by atoms with Gasteiger partial charge < -0.3 is 15.6 Å². The highest BCUT2D eigenvalue weighted by Gasteiger charge is 2.41. The zero-order valence-electron chi connectivity index (χ0n) is 13.1. The van der Waals surface area contributed by atoms with E-state index in [0.717, 1.165) is 18.4 Å². The van der Waals surface area contributed by atoms with Crippen LogP contribution in [-0.2, 0) is 11.3 Å². The zero-order chi connectivity index (χ0) is 15.7. The Kier molecular flexibility index (Phi) is 5.12. The molecular weight excluding hydrogens is 314 g/mol. The van der Waals surface area contributed by atoms with E-state index >= 15 is 0 Å². The smallest absolute Gasteiger partial charge is 0.240 e. The largest absolute Gasteiger partial charge is 0.348 e. The molecule has 0 bridgehead atoms. The van der Waals surface area contributed by atoms with Gasteiger partial charge in [-0.05, 0) is 37.8 Å². The zero-order valence-corrected chi connectivity index (χ0v) is 13.9. The second-order valence-electron chi connectivity index (χ2n) is 6.27. The summed E-state index contributed by atoms with van der Waals surface area (Å²) in [5.74, 6) is 0.404. The van der Waals surface area contributed by atoms with Gasteiger partial charge in [0.15, 0.2) is 5.43 Å². The molecule has 1 saturated carbocycles. The predicted octanol–water partition coefficient (Wildman–Crippen LogP) is 1.67. The topological polar surface area (TPSA) is 77.1 Å². The predicted molar refractivity (Wildman–Crippen MR) is 93.8 cm³/mol. The van der Waals surface area contributed by atoms with Gasteiger partial charge in [0.2, 0.25) is 5.91 Å². The lowest BCUT2D eigenvalue weighted by Crippen LogP contribution is -2.53. The Labute approximate surface area is 141 Å². The molecule has 0 spiro atoms. The molecule has 1 unspecified atom stereocenters. The second-order valence-corrected chi connectivity index (χ2v) is 6.27. The third-order valence-electron chi connectivity index (χ3n) is 4.53. The highest BCUT2D eigenvalue weighted by molar-refractivity contribution is 5.85. The van der Waals surface area contributed by atoms with Crippen LogP contribution in [0.25, 0.3) is 10.9 Å². The fourth-order valence-electron chi connectivity index (χ4n) is 2.95. The molecule has 0 aliphatic heterocycles. The van der Waals surface area contributed by atoms with Crippen molar-refractivity contribution in [2.24, 2.45) is 11.7 Å². The van der Waals surface area contributed by atoms with Crippen molar-refractivity contribution in [3.05, 3.63) is 46.8 Å². The summed E-state index contributed by atoms with van der Waals surface area (Å²) >= 11 is 0. The summed E-state index contributed by atoms with van der Waals surface area (Å²) in [7, 11) is 0. The molecule has 1 fully saturated rings. The summed E-state index contributed by atoms with van der Waals surface area (Å²) in [4.78, 5) is 24.2. The molecule has 1 heterocycles. The van der Waals surface area contributed by atoms with Crippen LogP contribution in [0.4, 0.5) is 0 Å². The number of halogens is 1. The molecule has 3 rings (SSSR count). The molecule has 23 heavy (non-hydrogen) atoms. The number of aromatic nitrogens is 1. The maximum atomic E-state index is 12.4. The summed E-state index contributed by atoms with van der Waals surface area (Å²) in [6.45, 7) is 2.63. The minimum absolute atomic E-state index is 0. The molecule has 6 heteroatoms. The van der Waals surface area contributed by atoms with Gasteiger partial charge in [-0.25, -0.2) is 0 Å². The van der Waals surface area contributed by atoms with E-state index in [4.69, 9.17) is 5.73 Å². The Hall–Kier alpha value is -1.85. The van der Waals surface area contributed by atoms with Crippen LogP contribution < -0.4 is 16.5 Å². The van der Waals surface area contributed by atoms with Crippen molar-refractivity contribution in [2.75, 3.05) is 6.54 Å². The van der Waals surface area contributed by atoms with E-state index in [-0.39, 0.29) is 35.8 Å². The van der Waals surface area contributed by atoms with Gasteiger partial charge in [-0.2, -0.15) is 0 Å². The number of fused-ring (bicyclic) bond motifs is 1. The van der Waals surface area contributed by atoms with E-state index in [1.165, 1.54) is 6.07 Å². The third kappa shape index (κ3) is 3.57. The lowest BCUT2D eigenvalue weighted by molar-refractivity contribution is -0.123. The summed E-state index contributed by atoms with van der Waals surface area (Å²) in [5, 5.41) is 3.70. The Morgan fingerprint density at radius 3 is 2.70 bits per heavy atom. The summed E-state index contributed by atoms with van der Waals surface area (Å²) in [6, 6.07) is 8.82. The average molecular weight is 336 g/mol. The fraction of sp³-hybridized carbons (Fsp3) is 0.412. The minimum atomic E-state index is -0.327. The summed E-state index contributed by atoms with van der Waals surface area (Å²) < 4.78 is 1.80. The third-order valence-corrected chi connectivity index (χ3v) is 4.53. The van der Waals surface area contributed by atoms with Crippen LogP contribution >= 0.6 is 12.4 Å². The van der Waals surface area contributed by atoms with E-state index in [1.807, 2.05) is 25.1 Å². The highest BCUT2D eigenvalue weighted by atomic mass is 35.5. The van der Waals surface area contributed by atoms with Gasteiger partial charge >= 0.3 is 0 Å². The molecule has 124 valence electrons. The highest BCUT2D eigenvalue weighted by Crippen LogP contribution is 2.38. The number of nitrogens with zero attached hydrogens (tertiary/aromatic N) is 1. The number of carbonyl (C=O) groups excluding carboxylic acids is 1. The van der Waals surface area contributed by atoms with Gasteiger partial charge in [-0.3, -0.25) is 9.59 Å². The quantitative estimate of drug-likeness (QED) is 0.872. The number of nitrogens with two attached hydrogens (primary N) is 1. The number of amides is 1. The number of rotatable bonds is 5. The number of pyridine rings is 1. The number of nitrogens with one attached hydrogen (secondary N) is 1. The van der Waals surface area contributed by atoms with E-state index in [1.54, 1.807) is 16.8 Å². The maximum Gasteiger partial charge on any atom is 0.240 e. The van der Waals surface area contributed by atoms with E-state index in [2.05, 4.69) is 5.32 Å². The maximum absolute atomic E-state index is 12.4. The molecule has 1 atom stereocenters. The van der Waals surface area contributed by atoms with Crippen LogP contribution in [0, 0.1) is 5.92 Å². The van der Waals surface area contributed by atoms with Crippen LogP contribution in [0.3, 0.4) is 0 Å². The van der Waals surface area contributed by atoms with Crippen molar-refractivity contribution in [3.8, 4) is 0 Å². The molecule has 1 amide bonds.